The molecule has 0 aliphatic carbocycles. The SMILES string of the molecule is CCCCOc1ccc(-c2nn(C)c3cc(Br)ccc23)c(F)c1.Cn1nc(-c2ccc(OCCCN)cc2F)c2ccc(Br)cc21. The first-order valence-electron chi connectivity index (χ1n) is 15.0. The Morgan fingerprint density at radius 2 is 1.13 bits per heavy atom. The third kappa shape index (κ3) is 7.59. The molecule has 2 heterocycles. The van der Waals surface area contributed by atoms with Crippen molar-refractivity contribution in [2.45, 2.75) is 26.2 Å². The Bertz CT molecular complexity index is 1830. The van der Waals surface area contributed by atoms with Crippen LogP contribution in [-0.4, -0.2) is 39.3 Å². The van der Waals surface area contributed by atoms with Crippen LogP contribution >= 0.6 is 31.9 Å². The predicted octanol–water partition coefficient (Wildman–Crippen LogP) is 9.19. The van der Waals surface area contributed by atoms with Crippen molar-refractivity contribution in [1.82, 2.24) is 19.6 Å². The molecule has 7 nitrogen and oxygen atoms in total. The zero-order valence-electron chi connectivity index (χ0n) is 25.9. The third-order valence-corrected chi connectivity index (χ3v) is 8.39. The van der Waals surface area contributed by atoms with Gasteiger partial charge in [-0.1, -0.05) is 45.2 Å². The quantitative estimate of drug-likeness (QED) is 0.141. The lowest BCUT2D eigenvalue weighted by molar-refractivity contribution is 0.308. The average Bonchev–Trinajstić information content (AvgIpc) is 3.53. The predicted molar refractivity (Wildman–Crippen MR) is 187 cm³/mol. The molecule has 6 rings (SSSR count). The van der Waals surface area contributed by atoms with Gasteiger partial charge in [-0.15, -0.1) is 0 Å². The largest absolute Gasteiger partial charge is 0.493 e. The minimum Gasteiger partial charge on any atom is -0.493 e. The zero-order valence-corrected chi connectivity index (χ0v) is 29.0. The number of rotatable bonds is 10. The first-order chi connectivity index (χ1) is 22.2. The van der Waals surface area contributed by atoms with Crippen LogP contribution < -0.4 is 15.2 Å². The van der Waals surface area contributed by atoms with Gasteiger partial charge in [0.05, 0.1) is 24.2 Å². The van der Waals surface area contributed by atoms with Gasteiger partial charge in [-0.2, -0.15) is 10.2 Å². The van der Waals surface area contributed by atoms with Crippen LogP contribution in [0.15, 0.2) is 81.7 Å². The van der Waals surface area contributed by atoms with E-state index in [0.29, 0.717) is 53.8 Å². The standard InChI is InChI=1S/C18H18BrFN2O.C17H17BrFN3O/c1-3-4-9-23-13-6-8-14(16(20)11-13)18-15-7-5-12(19)10-17(15)22(2)21-18;1-22-16-9-11(18)3-5-14(16)17(21-22)13-6-4-12(10-15(13)19)23-8-2-7-20/h5-8,10-11H,3-4,9H2,1-2H3;3-6,9-10H,2,7-8,20H2,1H3. The van der Waals surface area contributed by atoms with Gasteiger partial charge < -0.3 is 15.2 Å². The summed E-state index contributed by atoms with van der Waals surface area (Å²) in [4.78, 5) is 0. The van der Waals surface area contributed by atoms with Crippen LogP contribution in [0.25, 0.3) is 44.3 Å². The van der Waals surface area contributed by atoms with Gasteiger partial charge in [0.2, 0.25) is 0 Å². The maximum atomic E-state index is 14.5. The Labute approximate surface area is 283 Å². The van der Waals surface area contributed by atoms with Crippen molar-refractivity contribution >= 4 is 53.7 Å². The number of nitrogens with two attached hydrogens (primary N) is 1. The summed E-state index contributed by atoms with van der Waals surface area (Å²) >= 11 is 6.90. The van der Waals surface area contributed by atoms with Crippen LogP contribution in [0.4, 0.5) is 8.78 Å². The molecule has 0 spiro atoms. The van der Waals surface area contributed by atoms with E-state index in [1.54, 1.807) is 33.6 Å². The Morgan fingerprint density at radius 1 is 0.674 bits per heavy atom. The van der Waals surface area contributed by atoms with E-state index >= 15 is 0 Å². The van der Waals surface area contributed by atoms with Crippen LogP contribution in [-0.2, 0) is 14.1 Å². The molecule has 11 heteroatoms. The molecule has 4 aromatic carbocycles. The fourth-order valence-corrected chi connectivity index (χ4v) is 5.72. The molecule has 0 bridgehead atoms. The molecular formula is C35H35Br2F2N5O2. The van der Waals surface area contributed by atoms with Crippen LogP contribution in [0.5, 0.6) is 11.5 Å². The van der Waals surface area contributed by atoms with Crippen molar-refractivity contribution in [3.63, 3.8) is 0 Å². The number of aromatic nitrogens is 4. The van der Waals surface area contributed by atoms with Crippen molar-refractivity contribution < 1.29 is 18.3 Å². The van der Waals surface area contributed by atoms with Gasteiger partial charge in [-0.3, -0.25) is 9.36 Å². The molecule has 0 saturated carbocycles. The number of halogens is 4. The highest BCUT2D eigenvalue weighted by Gasteiger charge is 2.17. The number of benzene rings is 4. The van der Waals surface area contributed by atoms with Gasteiger partial charge >= 0.3 is 0 Å². The van der Waals surface area contributed by atoms with E-state index in [9.17, 15) is 8.78 Å². The number of hydrogen-bond acceptors (Lipinski definition) is 5. The Hall–Kier alpha value is -3.80. The van der Waals surface area contributed by atoms with Crippen LogP contribution in [0.3, 0.4) is 0 Å². The number of aryl methyl sites for hydroxylation is 2. The summed E-state index contributed by atoms with van der Waals surface area (Å²) in [5, 5.41) is 10.8. The van der Waals surface area contributed by atoms with Gasteiger partial charge in [-0.25, -0.2) is 8.78 Å². The Balaban J connectivity index is 0.000000181. The number of hydrogen-bond donors (Lipinski definition) is 1. The van der Waals surface area contributed by atoms with E-state index in [0.717, 1.165) is 50.0 Å². The van der Waals surface area contributed by atoms with Gasteiger partial charge in [0.1, 0.15) is 34.5 Å². The Kier molecular flexibility index (Phi) is 11.1. The third-order valence-electron chi connectivity index (χ3n) is 7.40. The number of nitrogens with zero attached hydrogens (tertiary/aromatic N) is 4. The second kappa shape index (κ2) is 15.2. The van der Waals surface area contributed by atoms with Gasteiger partial charge in [0, 0.05) is 57.1 Å². The minimum atomic E-state index is -0.349. The first kappa shape index (κ1) is 33.6. The second-order valence-electron chi connectivity index (χ2n) is 10.7. The summed E-state index contributed by atoms with van der Waals surface area (Å²) < 4.78 is 45.5. The summed E-state index contributed by atoms with van der Waals surface area (Å²) in [6.45, 7) is 3.74. The molecule has 240 valence electrons. The van der Waals surface area contributed by atoms with E-state index in [1.807, 2.05) is 50.5 Å². The van der Waals surface area contributed by atoms with Gasteiger partial charge in [0.15, 0.2) is 0 Å². The Morgan fingerprint density at radius 3 is 1.54 bits per heavy atom. The molecule has 2 N–H and O–H groups in total. The molecule has 0 radical (unpaired) electrons. The van der Waals surface area contributed by atoms with Gasteiger partial charge in [-0.05, 0) is 80.1 Å². The van der Waals surface area contributed by atoms with Crippen LogP contribution in [0.2, 0.25) is 0 Å². The molecule has 0 unspecified atom stereocenters. The highest BCUT2D eigenvalue weighted by molar-refractivity contribution is 9.10. The lowest BCUT2D eigenvalue weighted by atomic mass is 10.1. The summed E-state index contributed by atoms with van der Waals surface area (Å²) in [5.74, 6) is 0.394. The van der Waals surface area contributed by atoms with E-state index in [2.05, 4.69) is 49.0 Å². The smallest absolute Gasteiger partial charge is 0.136 e. The molecule has 46 heavy (non-hydrogen) atoms. The van der Waals surface area contributed by atoms with Gasteiger partial charge in [0.25, 0.3) is 0 Å². The van der Waals surface area contributed by atoms with E-state index in [-0.39, 0.29) is 11.6 Å². The van der Waals surface area contributed by atoms with Crippen LogP contribution in [0.1, 0.15) is 26.2 Å². The average molecular weight is 756 g/mol. The molecule has 2 aromatic heterocycles. The molecule has 6 aromatic rings. The molecule has 0 saturated heterocycles. The molecule has 0 amide bonds. The number of ether oxygens (including phenoxy) is 2. The van der Waals surface area contributed by atoms with E-state index < -0.39 is 0 Å². The molecular weight excluding hydrogens is 720 g/mol. The second-order valence-corrected chi connectivity index (χ2v) is 12.6. The summed E-state index contributed by atoms with van der Waals surface area (Å²) in [6.07, 6.45) is 2.75. The fourth-order valence-electron chi connectivity index (χ4n) is 5.02. The monoisotopic (exact) mass is 753 g/mol. The van der Waals surface area contributed by atoms with Crippen molar-refractivity contribution in [2.75, 3.05) is 19.8 Å². The summed E-state index contributed by atoms with van der Waals surface area (Å²) in [6, 6.07) is 21.5. The molecule has 0 fully saturated rings. The maximum Gasteiger partial charge on any atom is 0.136 e. The summed E-state index contributed by atoms with van der Waals surface area (Å²) in [7, 11) is 3.71. The molecule has 0 aliphatic heterocycles. The maximum absolute atomic E-state index is 14.5. The first-order valence-corrected chi connectivity index (χ1v) is 16.6. The van der Waals surface area contributed by atoms with Crippen molar-refractivity contribution in [1.29, 1.82) is 0 Å². The van der Waals surface area contributed by atoms with E-state index in [1.165, 1.54) is 12.1 Å². The highest BCUT2D eigenvalue weighted by Crippen LogP contribution is 2.34. The number of unbranched alkanes of at least 4 members (excludes halogenated alkanes) is 1. The fraction of sp³-hybridized carbons (Fsp3) is 0.257. The topological polar surface area (TPSA) is 80.1 Å². The zero-order chi connectivity index (χ0) is 32.8. The highest BCUT2D eigenvalue weighted by atomic mass is 79.9. The minimum absolute atomic E-state index is 0.318. The van der Waals surface area contributed by atoms with Crippen molar-refractivity contribution in [2.24, 2.45) is 19.8 Å². The van der Waals surface area contributed by atoms with Crippen molar-refractivity contribution in [3.05, 3.63) is 93.4 Å². The normalized spacial score (nSPS) is 11.1. The summed E-state index contributed by atoms with van der Waals surface area (Å²) in [5.41, 5.74) is 9.54. The van der Waals surface area contributed by atoms with Crippen molar-refractivity contribution in [3.8, 4) is 34.0 Å². The lowest BCUT2D eigenvalue weighted by Crippen LogP contribution is -2.06. The number of fused-ring (bicyclic) bond motifs is 2. The molecule has 0 atom stereocenters. The molecule has 0 aliphatic rings. The van der Waals surface area contributed by atoms with E-state index in [4.69, 9.17) is 15.2 Å². The van der Waals surface area contributed by atoms with Crippen LogP contribution in [0, 0.1) is 11.6 Å². The lowest BCUT2D eigenvalue weighted by Gasteiger charge is -2.07.